The molecule has 11 heteroatoms. The van der Waals surface area contributed by atoms with Gasteiger partial charge >= 0.3 is 0 Å². The maximum absolute atomic E-state index is 15.2. The molecular weight excluding hydrogens is 700 g/mol. The van der Waals surface area contributed by atoms with Crippen molar-refractivity contribution < 1.29 is 33.3 Å². The summed E-state index contributed by atoms with van der Waals surface area (Å²) in [6.45, 7) is 5.17. The summed E-state index contributed by atoms with van der Waals surface area (Å²) in [7, 11) is 0. The summed E-state index contributed by atoms with van der Waals surface area (Å²) in [5, 5.41) is 10.1. The maximum atomic E-state index is 15.2. The van der Waals surface area contributed by atoms with Crippen molar-refractivity contribution >= 4 is 17.5 Å². The van der Waals surface area contributed by atoms with Crippen molar-refractivity contribution in [2.75, 3.05) is 44.5 Å². The van der Waals surface area contributed by atoms with Gasteiger partial charge in [0, 0.05) is 61.4 Å². The average Bonchev–Trinajstić information content (AvgIpc) is 3.85. The smallest absolute Gasteiger partial charge is 0.260 e. The number of carbonyl (C=O) groups excluding carboxylic acids is 2. The first-order chi connectivity index (χ1) is 26.9. The van der Waals surface area contributed by atoms with Crippen molar-refractivity contribution in [1.82, 2.24) is 14.4 Å². The molecule has 0 unspecified atom stereocenters. The molecule has 1 saturated heterocycles. The molecule has 5 aromatic rings. The first-order valence-corrected chi connectivity index (χ1v) is 19.1. The zero-order valence-electron chi connectivity index (χ0n) is 30.6. The number of ether oxygens (including phenoxy) is 3. The highest BCUT2D eigenvalue weighted by Gasteiger charge is 2.36. The fourth-order valence-electron chi connectivity index (χ4n) is 8.47. The van der Waals surface area contributed by atoms with Crippen molar-refractivity contribution in [3.8, 4) is 28.5 Å². The fourth-order valence-corrected chi connectivity index (χ4v) is 8.47. The van der Waals surface area contributed by atoms with Crippen LogP contribution >= 0.6 is 0 Å². The molecule has 4 aliphatic rings. The van der Waals surface area contributed by atoms with E-state index in [1.54, 1.807) is 41.3 Å². The number of phenolic OH excluding ortho intramolecular Hbond substituents is 1. The van der Waals surface area contributed by atoms with Crippen LogP contribution in [0, 0.1) is 5.82 Å². The molecule has 55 heavy (non-hydrogen) atoms. The van der Waals surface area contributed by atoms with Gasteiger partial charge in [0.25, 0.3) is 11.8 Å². The van der Waals surface area contributed by atoms with Crippen LogP contribution in [0.3, 0.4) is 0 Å². The Bertz CT molecular complexity index is 2230. The van der Waals surface area contributed by atoms with Crippen molar-refractivity contribution in [1.29, 1.82) is 0 Å². The highest BCUT2D eigenvalue weighted by Crippen LogP contribution is 2.42. The van der Waals surface area contributed by atoms with Gasteiger partial charge in [0.1, 0.15) is 11.6 Å². The number of phenols is 1. The minimum absolute atomic E-state index is 0.0533. The molecule has 1 N–H and O–H groups in total. The van der Waals surface area contributed by atoms with Gasteiger partial charge in [0.05, 0.1) is 30.9 Å². The maximum Gasteiger partial charge on any atom is 0.260 e. The zero-order chi connectivity index (χ0) is 37.5. The SMILES string of the molecule is O=C(c1cc(-c2cc3c(cc2C(=O)N2Cc4ccccc4C[C@H]2CN2CCOCC2)OCO3)n2c1CCCC2)N(Cc1ccc(F)cc1)c1ccc(O)cc1. The third kappa shape index (κ3) is 6.94. The van der Waals surface area contributed by atoms with Gasteiger partial charge in [-0.05, 0) is 97.0 Å². The van der Waals surface area contributed by atoms with Crippen molar-refractivity contribution in [3.05, 3.63) is 130 Å². The van der Waals surface area contributed by atoms with E-state index >= 15 is 4.79 Å². The molecule has 0 aliphatic carbocycles. The predicted octanol–water partition coefficient (Wildman–Crippen LogP) is 6.81. The van der Waals surface area contributed by atoms with E-state index in [4.69, 9.17) is 14.2 Å². The molecular formula is C44H43FN4O6. The third-order valence-electron chi connectivity index (χ3n) is 11.4. The molecule has 0 spiro atoms. The molecule has 0 saturated carbocycles. The number of amides is 2. The number of hydrogen-bond acceptors (Lipinski definition) is 7. The lowest BCUT2D eigenvalue weighted by Gasteiger charge is -2.40. The number of hydrogen-bond donors (Lipinski definition) is 1. The predicted molar refractivity (Wildman–Crippen MR) is 205 cm³/mol. The molecule has 1 atom stereocenters. The highest BCUT2D eigenvalue weighted by atomic mass is 19.1. The van der Waals surface area contributed by atoms with Crippen LogP contribution in [0.1, 0.15) is 55.9 Å². The number of nitrogens with zero attached hydrogens (tertiary/aromatic N) is 4. The van der Waals surface area contributed by atoms with Gasteiger partial charge in [-0.1, -0.05) is 36.4 Å². The Kier molecular flexibility index (Phi) is 9.49. The van der Waals surface area contributed by atoms with E-state index in [2.05, 4.69) is 27.7 Å². The fraction of sp³-hybridized carbons (Fsp3) is 0.318. The van der Waals surface area contributed by atoms with Crippen molar-refractivity contribution in [2.24, 2.45) is 0 Å². The van der Waals surface area contributed by atoms with Crippen LogP contribution in [-0.4, -0.2) is 77.0 Å². The summed E-state index contributed by atoms with van der Waals surface area (Å²) < 4.78 is 33.5. The summed E-state index contributed by atoms with van der Waals surface area (Å²) in [6, 6.07) is 26.6. The van der Waals surface area contributed by atoms with E-state index in [1.807, 2.05) is 29.2 Å². The largest absolute Gasteiger partial charge is 0.508 e. The number of aromatic hydroxyl groups is 1. The van der Waals surface area contributed by atoms with E-state index in [0.29, 0.717) is 66.6 Å². The molecule has 4 aliphatic heterocycles. The summed E-state index contributed by atoms with van der Waals surface area (Å²) in [6.07, 6.45) is 3.29. The topological polar surface area (TPSA) is 96.7 Å². The quantitative estimate of drug-likeness (QED) is 0.187. The zero-order valence-corrected chi connectivity index (χ0v) is 30.6. The molecule has 1 aromatic heterocycles. The van der Waals surface area contributed by atoms with Crippen LogP contribution in [0.4, 0.5) is 10.1 Å². The van der Waals surface area contributed by atoms with Gasteiger partial charge in [0.15, 0.2) is 11.5 Å². The Labute approximate surface area is 319 Å². The minimum atomic E-state index is -0.354. The van der Waals surface area contributed by atoms with E-state index < -0.39 is 0 Å². The summed E-state index contributed by atoms with van der Waals surface area (Å²) in [4.78, 5) is 36.1. The van der Waals surface area contributed by atoms with Crippen LogP contribution in [0.5, 0.6) is 17.2 Å². The number of carbonyl (C=O) groups is 2. The second-order valence-corrected chi connectivity index (χ2v) is 14.8. The Balaban J connectivity index is 1.13. The van der Waals surface area contributed by atoms with Gasteiger partial charge in [0.2, 0.25) is 6.79 Å². The van der Waals surface area contributed by atoms with Crippen molar-refractivity contribution in [3.63, 3.8) is 0 Å². The van der Waals surface area contributed by atoms with E-state index in [1.165, 1.54) is 17.7 Å². The average molecular weight is 743 g/mol. The van der Waals surface area contributed by atoms with Crippen LogP contribution in [0.2, 0.25) is 0 Å². The molecule has 2 amide bonds. The highest BCUT2D eigenvalue weighted by molar-refractivity contribution is 6.09. The molecule has 1 fully saturated rings. The number of rotatable bonds is 8. The number of halogens is 1. The first kappa shape index (κ1) is 35.1. The summed E-state index contributed by atoms with van der Waals surface area (Å²) in [5.74, 6) is 0.495. The van der Waals surface area contributed by atoms with Gasteiger partial charge < -0.3 is 33.7 Å². The third-order valence-corrected chi connectivity index (χ3v) is 11.4. The molecule has 0 bridgehead atoms. The Hall–Kier alpha value is -5.65. The van der Waals surface area contributed by atoms with E-state index in [-0.39, 0.29) is 42.8 Å². The number of aromatic nitrogens is 1. The number of benzene rings is 4. The second-order valence-electron chi connectivity index (χ2n) is 14.8. The molecule has 10 nitrogen and oxygen atoms in total. The van der Waals surface area contributed by atoms with Gasteiger partial charge in [-0.25, -0.2) is 4.39 Å². The second kappa shape index (κ2) is 14.9. The lowest BCUT2D eigenvalue weighted by molar-refractivity contribution is 0.0193. The van der Waals surface area contributed by atoms with Crippen LogP contribution in [-0.2, 0) is 37.2 Å². The van der Waals surface area contributed by atoms with Crippen molar-refractivity contribution in [2.45, 2.75) is 51.4 Å². The van der Waals surface area contributed by atoms with Gasteiger partial charge in [-0.2, -0.15) is 0 Å². The minimum Gasteiger partial charge on any atom is -0.508 e. The molecule has 4 aromatic carbocycles. The van der Waals surface area contributed by atoms with E-state index in [0.717, 1.165) is 61.4 Å². The molecule has 5 heterocycles. The Morgan fingerprint density at radius 2 is 1.58 bits per heavy atom. The van der Waals surface area contributed by atoms with Gasteiger partial charge in [-0.15, -0.1) is 0 Å². The number of morpholine rings is 1. The van der Waals surface area contributed by atoms with Crippen LogP contribution in [0.25, 0.3) is 11.3 Å². The Morgan fingerprint density at radius 3 is 2.36 bits per heavy atom. The van der Waals surface area contributed by atoms with E-state index in [9.17, 15) is 14.3 Å². The lowest BCUT2D eigenvalue weighted by Crippen LogP contribution is -2.52. The normalized spacial score (nSPS) is 17.8. The van der Waals surface area contributed by atoms with Crippen LogP contribution in [0.15, 0.2) is 91.0 Å². The molecule has 282 valence electrons. The summed E-state index contributed by atoms with van der Waals surface area (Å²) in [5.41, 5.74) is 7.17. The molecule has 9 rings (SSSR count). The molecule has 0 radical (unpaired) electrons. The standard InChI is InChI=1S/C44H43FN4O6/c45-32-10-8-29(9-11-32)25-48(33-12-14-35(50)15-13-33)44(52)38-22-40(47-16-4-3-7-39(38)47)36-23-41-42(55-28-54-41)24-37(36)43(51)49-26-31-6-2-1-5-30(31)21-34(49)27-46-17-19-53-20-18-46/h1-2,5-6,8-15,22-24,34,50H,3-4,7,16-21,25-28H2/t34-/m0/s1. The Morgan fingerprint density at radius 1 is 0.836 bits per heavy atom. The number of fused-ring (bicyclic) bond motifs is 3. The monoisotopic (exact) mass is 742 g/mol. The van der Waals surface area contributed by atoms with Gasteiger partial charge in [-0.3, -0.25) is 14.5 Å². The van der Waals surface area contributed by atoms with Crippen LogP contribution < -0.4 is 14.4 Å². The summed E-state index contributed by atoms with van der Waals surface area (Å²) >= 11 is 0. The first-order valence-electron chi connectivity index (χ1n) is 19.1. The number of anilines is 1. The lowest BCUT2D eigenvalue weighted by atomic mass is 9.92.